The molecule has 2 aromatic carbocycles. The van der Waals surface area contributed by atoms with Gasteiger partial charge in [0.1, 0.15) is 65.1 Å². The molecule has 366 valence electrons. The smallest absolute Gasteiger partial charge is 0.420 e. The highest BCUT2D eigenvalue weighted by atomic mass is 19.4. The molecular weight excluding hydrogens is 915 g/mol. The number of amides is 2. The van der Waals surface area contributed by atoms with E-state index in [0.717, 1.165) is 24.5 Å². The van der Waals surface area contributed by atoms with Gasteiger partial charge >= 0.3 is 12.4 Å². The van der Waals surface area contributed by atoms with Gasteiger partial charge in [0, 0.05) is 70.1 Å². The number of benzene rings is 2. The van der Waals surface area contributed by atoms with Crippen molar-refractivity contribution in [2.24, 2.45) is 22.9 Å². The summed E-state index contributed by atoms with van der Waals surface area (Å²) in [5, 5.41) is 35.6. The van der Waals surface area contributed by atoms with Gasteiger partial charge in [0.2, 0.25) is 0 Å². The lowest BCUT2D eigenvalue weighted by molar-refractivity contribution is -0.140. The number of likely N-dealkylation sites (tertiary alicyclic amines) is 4. The third kappa shape index (κ3) is 11.3. The van der Waals surface area contributed by atoms with E-state index in [9.17, 15) is 35.9 Å². The second kappa shape index (κ2) is 19.3. The van der Waals surface area contributed by atoms with Crippen molar-refractivity contribution in [1.29, 1.82) is 21.6 Å². The summed E-state index contributed by atoms with van der Waals surface area (Å²) in [6.45, 7) is 1.35. The molecule has 0 spiro atoms. The molecule has 0 radical (unpaired) electrons. The van der Waals surface area contributed by atoms with E-state index >= 15 is 0 Å². The fourth-order valence-corrected chi connectivity index (χ4v) is 8.02. The van der Waals surface area contributed by atoms with Crippen LogP contribution in [0.25, 0.3) is 0 Å². The molecule has 0 aliphatic carbocycles. The van der Waals surface area contributed by atoms with Gasteiger partial charge in [0.15, 0.2) is 23.8 Å². The molecule has 0 saturated carbocycles. The summed E-state index contributed by atoms with van der Waals surface area (Å²) in [5.41, 5.74) is 17.8. The highest BCUT2D eigenvalue weighted by Gasteiger charge is 2.40. The number of alkyl halides is 6. The van der Waals surface area contributed by atoms with E-state index in [2.05, 4.69) is 20.6 Å². The number of carbonyl (C=O) groups excluding carboxylic acids is 2. The third-order valence-electron chi connectivity index (χ3n) is 11.5. The average Bonchev–Trinajstić information content (AvgIpc) is 4.10. The van der Waals surface area contributed by atoms with Gasteiger partial charge in [0.05, 0.1) is 48.7 Å². The van der Waals surface area contributed by atoms with Gasteiger partial charge in [-0.05, 0) is 12.1 Å². The maximum Gasteiger partial charge on any atom is 0.420 e. The Morgan fingerprint density at radius 2 is 0.809 bits per heavy atom. The molecule has 2 amide bonds. The fourth-order valence-electron chi connectivity index (χ4n) is 8.02. The fraction of sp³-hybridized carbons (Fsp3) is 0.450. The Balaban J connectivity index is 1.17. The van der Waals surface area contributed by atoms with Crippen molar-refractivity contribution >= 4 is 47.0 Å². The lowest BCUT2D eigenvalue weighted by atomic mass is 10.1. The number of nitrogens with two attached hydrogens (primary N) is 4. The Bertz CT molecular complexity index is 2320. The van der Waals surface area contributed by atoms with Crippen molar-refractivity contribution in [3.63, 3.8) is 0 Å². The highest BCUT2D eigenvalue weighted by Crippen LogP contribution is 2.45. The molecule has 4 aliphatic heterocycles. The van der Waals surface area contributed by atoms with Crippen LogP contribution in [0.4, 0.5) is 37.7 Å². The number of hydrogen-bond acceptors (Lipinski definition) is 12. The minimum atomic E-state index is -5.03. The quantitative estimate of drug-likeness (QED) is 0.0708. The molecule has 68 heavy (non-hydrogen) atoms. The minimum absolute atomic E-state index is 0.0294. The molecular formula is C40H48F6N16O6. The summed E-state index contributed by atoms with van der Waals surface area (Å²) in [4.78, 5) is 41.2. The first-order valence-corrected chi connectivity index (χ1v) is 21.0. The number of aromatic nitrogens is 2. The lowest BCUT2D eigenvalue weighted by Crippen LogP contribution is -2.36. The molecule has 4 aliphatic rings. The first-order chi connectivity index (χ1) is 32.0. The van der Waals surface area contributed by atoms with Crippen molar-refractivity contribution < 1.29 is 54.9 Å². The lowest BCUT2D eigenvalue weighted by Gasteiger charge is -2.24. The Hall–Kier alpha value is -7.68. The van der Waals surface area contributed by atoms with E-state index in [0.29, 0.717) is 38.1 Å². The van der Waals surface area contributed by atoms with Crippen LogP contribution in [-0.2, 0) is 12.4 Å². The summed E-state index contributed by atoms with van der Waals surface area (Å²) in [6.07, 6.45) is -11.2. The topological polar surface area (TPSA) is 333 Å². The third-order valence-corrected chi connectivity index (χ3v) is 11.5. The van der Waals surface area contributed by atoms with Crippen LogP contribution in [0.15, 0.2) is 36.7 Å². The van der Waals surface area contributed by atoms with Gasteiger partial charge in [-0.1, -0.05) is 0 Å². The SMILES string of the molecule is N=C(N)N1CCC(Oc2cc(OC3CCN(C(=N)N)C3)c(C(F)(F)F)cc2NC(=O)c2cc(C(=O)Nc3cc(C(F)(F)F)c(OC4CCN(C(=N)N)C4)cc3OC3CCN(C(=N)N)C3)ncn2)C1. The van der Waals surface area contributed by atoms with Gasteiger partial charge in [0.25, 0.3) is 11.8 Å². The second-order valence-corrected chi connectivity index (χ2v) is 16.3. The van der Waals surface area contributed by atoms with Crippen LogP contribution in [0.5, 0.6) is 23.0 Å². The van der Waals surface area contributed by atoms with E-state index in [-0.39, 0.29) is 87.4 Å². The molecule has 5 heterocycles. The maximum atomic E-state index is 14.7. The van der Waals surface area contributed by atoms with Gasteiger partial charge in [-0.15, -0.1) is 0 Å². The molecule has 4 saturated heterocycles. The van der Waals surface area contributed by atoms with E-state index < -0.39 is 94.0 Å². The van der Waals surface area contributed by atoms with Crippen molar-refractivity contribution in [2.45, 2.75) is 62.5 Å². The molecule has 1 aromatic heterocycles. The molecule has 4 fully saturated rings. The number of nitrogens with zero attached hydrogens (tertiary/aromatic N) is 6. The Morgan fingerprint density at radius 1 is 0.515 bits per heavy atom. The van der Waals surface area contributed by atoms with Gasteiger partial charge < -0.3 is 72.1 Å². The normalized spacial score (nSPS) is 20.6. The monoisotopic (exact) mass is 962 g/mol. The maximum absolute atomic E-state index is 14.7. The van der Waals surface area contributed by atoms with Crippen LogP contribution in [0.1, 0.15) is 57.8 Å². The summed E-state index contributed by atoms with van der Waals surface area (Å²) < 4.78 is 112. The second-order valence-electron chi connectivity index (χ2n) is 16.3. The van der Waals surface area contributed by atoms with Gasteiger partial charge in [-0.25, -0.2) is 9.97 Å². The zero-order valence-corrected chi connectivity index (χ0v) is 36.0. The summed E-state index contributed by atoms with van der Waals surface area (Å²) in [7, 11) is 0. The molecule has 0 bridgehead atoms. The number of ether oxygens (including phenoxy) is 4. The number of hydrogen-bond donors (Lipinski definition) is 10. The first kappa shape index (κ1) is 48.3. The van der Waals surface area contributed by atoms with Crippen LogP contribution >= 0.6 is 0 Å². The van der Waals surface area contributed by atoms with Crippen LogP contribution in [0.3, 0.4) is 0 Å². The van der Waals surface area contributed by atoms with Gasteiger partial charge in [-0.3, -0.25) is 31.2 Å². The van der Waals surface area contributed by atoms with Crippen LogP contribution < -0.4 is 52.5 Å². The Labute approximate surface area is 383 Å². The van der Waals surface area contributed by atoms with Crippen molar-refractivity contribution in [3.05, 3.63) is 59.2 Å². The zero-order chi connectivity index (χ0) is 49.2. The number of guanidine groups is 4. The molecule has 14 N–H and O–H groups in total. The summed E-state index contributed by atoms with van der Waals surface area (Å²) in [5.74, 6) is -5.16. The Kier molecular flexibility index (Phi) is 13.7. The number of nitrogens with one attached hydrogen (secondary N) is 6. The highest BCUT2D eigenvalue weighted by molar-refractivity contribution is 6.08. The average molecular weight is 963 g/mol. The predicted octanol–water partition coefficient (Wildman–Crippen LogP) is 2.41. The zero-order valence-electron chi connectivity index (χ0n) is 36.0. The number of rotatable bonds is 12. The molecule has 28 heteroatoms. The summed E-state index contributed by atoms with van der Waals surface area (Å²) >= 11 is 0. The van der Waals surface area contributed by atoms with Gasteiger partial charge in [-0.2, -0.15) is 26.3 Å². The van der Waals surface area contributed by atoms with E-state index in [1.807, 2.05) is 0 Å². The van der Waals surface area contributed by atoms with Crippen molar-refractivity contribution in [3.8, 4) is 23.0 Å². The minimum Gasteiger partial charge on any atom is -0.488 e. The molecule has 22 nitrogen and oxygen atoms in total. The van der Waals surface area contributed by atoms with E-state index in [4.69, 9.17) is 63.5 Å². The number of carbonyl (C=O) groups is 2. The predicted molar refractivity (Wildman–Crippen MR) is 231 cm³/mol. The van der Waals surface area contributed by atoms with E-state index in [1.165, 1.54) is 19.6 Å². The standard InChI is InChI=1S/C40H48F6N16O6/c41-39(42,43)23-9-25(31(67-21-3-7-61(16-21)37(51)52)12-29(23)65-19-1-5-59(14-19)35(47)48)57-33(63)27-11-28(56-18-55-27)34(64)58-26-10-24(40(44,45)46)30(66-20-2-6-60(15-20)36(49)50)13-32(26)68-22-4-8-62(17-22)38(53)54/h9-13,18-22H,1-8,14-17H2,(H3,47,48)(H3,49,50)(H3,51,52)(H3,53,54)(H,57,63)(H,58,64). The van der Waals surface area contributed by atoms with E-state index in [1.54, 1.807) is 0 Å². The first-order valence-electron chi connectivity index (χ1n) is 21.0. The van der Waals surface area contributed by atoms with Crippen molar-refractivity contribution in [2.75, 3.05) is 63.0 Å². The molecule has 4 unspecified atom stereocenters. The molecule has 3 aromatic rings. The Morgan fingerprint density at radius 3 is 1.07 bits per heavy atom. The van der Waals surface area contributed by atoms with Crippen molar-refractivity contribution in [1.82, 2.24) is 29.6 Å². The summed E-state index contributed by atoms with van der Waals surface area (Å²) in [6, 6.07) is 4.00. The largest absolute Gasteiger partial charge is 0.488 e. The number of halogens is 6. The number of anilines is 2. The van der Waals surface area contributed by atoms with Crippen LogP contribution in [-0.4, -0.2) is 142 Å². The van der Waals surface area contributed by atoms with Crippen LogP contribution in [0.2, 0.25) is 0 Å². The van der Waals surface area contributed by atoms with Crippen LogP contribution in [0, 0.1) is 21.6 Å². The molecule has 4 atom stereocenters. The molecule has 7 rings (SSSR count).